The van der Waals surface area contributed by atoms with E-state index in [1.807, 2.05) is 12.1 Å². The number of sulfonamides is 1. The van der Waals surface area contributed by atoms with Gasteiger partial charge in [-0.15, -0.1) is 0 Å². The molecule has 0 radical (unpaired) electrons. The Bertz CT molecular complexity index is 862. The van der Waals surface area contributed by atoms with Gasteiger partial charge < -0.3 is 10.6 Å². The second kappa shape index (κ2) is 8.35. The number of hydrogen-bond donors (Lipinski definition) is 2. The summed E-state index contributed by atoms with van der Waals surface area (Å²) in [5.74, 6) is 0. The van der Waals surface area contributed by atoms with Crippen molar-refractivity contribution in [3.63, 3.8) is 0 Å². The van der Waals surface area contributed by atoms with Crippen molar-refractivity contribution in [2.24, 2.45) is 0 Å². The van der Waals surface area contributed by atoms with E-state index in [0.717, 1.165) is 24.9 Å². The summed E-state index contributed by atoms with van der Waals surface area (Å²) in [4.78, 5) is 0.307. The van der Waals surface area contributed by atoms with Crippen molar-refractivity contribution in [1.29, 1.82) is 0 Å². The summed E-state index contributed by atoms with van der Waals surface area (Å²) in [5, 5.41) is 7.16. The molecule has 1 aliphatic rings. The number of hydrogen-bond acceptors (Lipinski definition) is 3. The lowest BCUT2D eigenvalue weighted by molar-refractivity contribution is 0.346. The molecule has 1 heterocycles. The van der Waals surface area contributed by atoms with Gasteiger partial charge in [0.25, 0.3) is 0 Å². The molecule has 1 aliphatic heterocycles. The number of benzene rings is 2. The number of nitrogens with one attached hydrogen (secondary N) is 2. The molecule has 0 aliphatic carbocycles. The molecule has 0 amide bonds. The van der Waals surface area contributed by atoms with Gasteiger partial charge >= 0.3 is 0 Å². The number of thiocarbonyl (C=S) groups is 1. The molecule has 8 heteroatoms. The van der Waals surface area contributed by atoms with Gasteiger partial charge in [-0.3, -0.25) is 0 Å². The highest BCUT2D eigenvalue weighted by Crippen LogP contribution is 2.22. The van der Waals surface area contributed by atoms with Crippen molar-refractivity contribution < 1.29 is 8.42 Å². The van der Waals surface area contributed by atoms with Gasteiger partial charge in [0, 0.05) is 29.5 Å². The van der Waals surface area contributed by atoms with Crippen molar-refractivity contribution in [1.82, 2.24) is 4.31 Å². The van der Waals surface area contributed by atoms with E-state index in [4.69, 9.17) is 23.8 Å². The van der Waals surface area contributed by atoms with Gasteiger partial charge in [-0.05, 0) is 73.6 Å². The minimum Gasteiger partial charge on any atom is -0.332 e. The predicted molar refractivity (Wildman–Crippen MR) is 110 cm³/mol. The molecule has 2 aromatic rings. The Hall–Kier alpha value is -1.67. The van der Waals surface area contributed by atoms with Crippen LogP contribution < -0.4 is 10.6 Å². The summed E-state index contributed by atoms with van der Waals surface area (Å²) >= 11 is 11.1. The smallest absolute Gasteiger partial charge is 0.243 e. The first kappa shape index (κ1) is 19.1. The van der Waals surface area contributed by atoms with Crippen LogP contribution in [0.5, 0.6) is 0 Å². The lowest BCUT2D eigenvalue weighted by Crippen LogP contribution is -2.35. The van der Waals surface area contributed by atoms with Gasteiger partial charge in [-0.25, -0.2) is 8.42 Å². The van der Waals surface area contributed by atoms with Crippen LogP contribution in [0.25, 0.3) is 0 Å². The van der Waals surface area contributed by atoms with Crippen molar-refractivity contribution in [3.05, 3.63) is 53.6 Å². The van der Waals surface area contributed by atoms with Gasteiger partial charge in [0.2, 0.25) is 10.0 Å². The second-order valence-corrected chi connectivity index (χ2v) is 8.86. The summed E-state index contributed by atoms with van der Waals surface area (Å²) in [6.45, 7) is 1.19. The highest BCUT2D eigenvalue weighted by Gasteiger charge is 2.25. The Morgan fingerprint density at radius 2 is 1.38 bits per heavy atom. The lowest BCUT2D eigenvalue weighted by atomic mass is 10.2. The monoisotopic (exact) mass is 409 g/mol. The summed E-state index contributed by atoms with van der Waals surface area (Å²) in [5.41, 5.74) is 1.53. The summed E-state index contributed by atoms with van der Waals surface area (Å²) in [6.07, 6.45) is 2.93. The molecular formula is C18H20ClN3O2S2. The average molecular weight is 410 g/mol. The van der Waals surface area contributed by atoms with Crippen LogP contribution in [0.1, 0.15) is 19.3 Å². The Morgan fingerprint density at radius 3 is 1.92 bits per heavy atom. The molecule has 3 rings (SSSR count). The van der Waals surface area contributed by atoms with Crippen molar-refractivity contribution in [3.8, 4) is 0 Å². The number of halogens is 1. The van der Waals surface area contributed by atoms with Crippen LogP contribution in [-0.4, -0.2) is 30.9 Å². The maximum atomic E-state index is 12.6. The fraction of sp³-hybridized carbons (Fsp3) is 0.278. The van der Waals surface area contributed by atoms with Crippen molar-refractivity contribution >= 4 is 50.3 Å². The maximum absolute atomic E-state index is 12.6. The number of nitrogens with zero attached hydrogens (tertiary/aromatic N) is 1. The van der Waals surface area contributed by atoms with Crippen LogP contribution in [0.4, 0.5) is 11.4 Å². The third-order valence-electron chi connectivity index (χ3n) is 4.17. The average Bonchev–Trinajstić information content (AvgIpc) is 2.65. The summed E-state index contributed by atoms with van der Waals surface area (Å²) in [7, 11) is -3.42. The van der Waals surface area contributed by atoms with Crippen LogP contribution >= 0.6 is 23.8 Å². The van der Waals surface area contributed by atoms with Crippen molar-refractivity contribution in [2.75, 3.05) is 23.7 Å². The maximum Gasteiger partial charge on any atom is 0.243 e. The highest BCUT2D eigenvalue weighted by molar-refractivity contribution is 7.89. The van der Waals surface area contributed by atoms with E-state index in [1.54, 1.807) is 40.7 Å². The zero-order valence-corrected chi connectivity index (χ0v) is 16.5. The summed E-state index contributed by atoms with van der Waals surface area (Å²) < 4.78 is 26.9. The first-order valence-electron chi connectivity index (χ1n) is 8.39. The molecule has 1 saturated heterocycles. The predicted octanol–water partition coefficient (Wildman–Crippen LogP) is 4.32. The minimum absolute atomic E-state index is 0.307. The molecule has 2 N–H and O–H groups in total. The molecule has 138 valence electrons. The third-order valence-corrected chi connectivity index (χ3v) is 6.54. The zero-order chi connectivity index (χ0) is 18.6. The van der Waals surface area contributed by atoms with Gasteiger partial charge in [0.15, 0.2) is 5.11 Å². The van der Waals surface area contributed by atoms with Crippen LogP contribution in [-0.2, 0) is 10.0 Å². The molecule has 0 spiro atoms. The molecule has 0 atom stereocenters. The Morgan fingerprint density at radius 1 is 0.885 bits per heavy atom. The molecule has 0 saturated carbocycles. The zero-order valence-electron chi connectivity index (χ0n) is 14.1. The molecule has 2 aromatic carbocycles. The third kappa shape index (κ3) is 4.73. The van der Waals surface area contributed by atoms with E-state index in [9.17, 15) is 8.42 Å². The number of rotatable bonds is 4. The topological polar surface area (TPSA) is 61.4 Å². The Labute approximate surface area is 164 Å². The Balaban J connectivity index is 1.63. The van der Waals surface area contributed by atoms with Gasteiger partial charge in [-0.2, -0.15) is 4.31 Å². The molecule has 26 heavy (non-hydrogen) atoms. The molecule has 0 bridgehead atoms. The summed E-state index contributed by atoms with van der Waals surface area (Å²) in [6, 6.07) is 13.8. The normalized spacial score (nSPS) is 15.4. The van der Waals surface area contributed by atoms with Crippen molar-refractivity contribution in [2.45, 2.75) is 24.2 Å². The first-order valence-corrected chi connectivity index (χ1v) is 10.6. The van der Waals surface area contributed by atoms with Crippen LogP contribution in [0, 0.1) is 0 Å². The fourth-order valence-corrected chi connectivity index (χ4v) is 4.67. The SMILES string of the molecule is O=S(=O)(c1ccc(NC(=S)Nc2ccc(Cl)cc2)cc1)N1CCCCC1. The standard InChI is InChI=1S/C18H20ClN3O2S2/c19-14-4-6-15(7-5-14)20-18(25)21-16-8-10-17(11-9-16)26(23,24)22-12-2-1-3-13-22/h4-11H,1-3,12-13H2,(H2,20,21,25). The molecular weight excluding hydrogens is 390 g/mol. The Kier molecular flexibility index (Phi) is 6.13. The van der Waals surface area contributed by atoms with Gasteiger partial charge in [0.1, 0.15) is 0 Å². The second-order valence-electron chi connectivity index (χ2n) is 6.08. The van der Waals surface area contributed by atoms with E-state index in [-0.39, 0.29) is 0 Å². The highest BCUT2D eigenvalue weighted by atomic mass is 35.5. The van der Waals surface area contributed by atoms with E-state index >= 15 is 0 Å². The van der Waals surface area contributed by atoms with Gasteiger partial charge in [0.05, 0.1) is 4.90 Å². The van der Waals surface area contributed by atoms with Crippen LogP contribution in [0.3, 0.4) is 0 Å². The number of anilines is 2. The van der Waals surface area contributed by atoms with E-state index in [2.05, 4.69) is 10.6 Å². The van der Waals surface area contributed by atoms with E-state index in [1.165, 1.54) is 0 Å². The minimum atomic E-state index is -3.42. The van der Waals surface area contributed by atoms with E-state index < -0.39 is 10.0 Å². The largest absolute Gasteiger partial charge is 0.332 e. The fourth-order valence-electron chi connectivity index (χ4n) is 2.79. The molecule has 0 aromatic heterocycles. The lowest BCUT2D eigenvalue weighted by Gasteiger charge is -2.25. The van der Waals surface area contributed by atoms with Gasteiger partial charge in [-0.1, -0.05) is 18.0 Å². The molecule has 5 nitrogen and oxygen atoms in total. The molecule has 1 fully saturated rings. The van der Waals surface area contributed by atoms with E-state index in [0.29, 0.717) is 33.8 Å². The van der Waals surface area contributed by atoms with Crippen LogP contribution in [0.2, 0.25) is 5.02 Å². The first-order chi connectivity index (χ1) is 12.4. The molecule has 0 unspecified atom stereocenters. The van der Waals surface area contributed by atoms with Crippen LogP contribution in [0.15, 0.2) is 53.4 Å². The number of piperidine rings is 1. The quantitative estimate of drug-likeness (QED) is 0.736.